The number of benzene rings is 2. The summed E-state index contributed by atoms with van der Waals surface area (Å²) in [4.78, 5) is 10.7. The maximum absolute atomic E-state index is 12.2. The van der Waals surface area contributed by atoms with Crippen LogP contribution in [-0.2, 0) is 13.7 Å². The lowest BCUT2D eigenvalue weighted by atomic mass is 10.1. The first-order chi connectivity index (χ1) is 12.8. The molecule has 3 rings (SSSR count). The lowest BCUT2D eigenvalue weighted by molar-refractivity contribution is -0.274. The molecule has 0 fully saturated rings. The van der Waals surface area contributed by atoms with E-state index in [4.69, 9.17) is 4.74 Å². The van der Waals surface area contributed by atoms with Gasteiger partial charge in [0.1, 0.15) is 24.4 Å². The van der Waals surface area contributed by atoms with Gasteiger partial charge in [0.15, 0.2) is 0 Å². The van der Waals surface area contributed by atoms with Gasteiger partial charge in [-0.2, -0.15) is 5.10 Å². The highest BCUT2D eigenvalue weighted by Gasteiger charge is 2.30. The van der Waals surface area contributed by atoms with E-state index in [9.17, 15) is 18.0 Å². The molecule has 8 heteroatoms. The van der Waals surface area contributed by atoms with Crippen LogP contribution < -0.4 is 9.47 Å². The third kappa shape index (κ3) is 4.87. The Kier molecular flexibility index (Phi) is 5.16. The lowest BCUT2D eigenvalue weighted by Crippen LogP contribution is -2.16. The second-order valence-electron chi connectivity index (χ2n) is 5.69. The molecule has 0 spiro atoms. The number of hydrogen-bond donors (Lipinski definition) is 0. The van der Waals surface area contributed by atoms with Gasteiger partial charge in [-0.15, -0.1) is 13.2 Å². The van der Waals surface area contributed by atoms with Crippen LogP contribution in [0.5, 0.6) is 11.5 Å². The fourth-order valence-electron chi connectivity index (χ4n) is 2.41. The predicted molar refractivity (Wildman–Crippen MR) is 91.5 cm³/mol. The first kappa shape index (κ1) is 18.5. The summed E-state index contributed by atoms with van der Waals surface area (Å²) in [6.45, 7) is 0.190. The Hall–Kier alpha value is -3.29. The Morgan fingerprint density at radius 2 is 1.67 bits per heavy atom. The lowest BCUT2D eigenvalue weighted by Gasteiger charge is -2.10. The number of aryl methyl sites for hydroxylation is 1. The van der Waals surface area contributed by atoms with Crippen LogP contribution in [-0.4, -0.2) is 22.4 Å². The Labute approximate surface area is 152 Å². The maximum Gasteiger partial charge on any atom is 0.573 e. The normalized spacial score (nSPS) is 11.3. The number of aromatic nitrogens is 2. The summed E-state index contributed by atoms with van der Waals surface area (Å²) in [6, 6.07) is 14.0. The molecule has 140 valence electrons. The van der Waals surface area contributed by atoms with Gasteiger partial charge in [-0.05, 0) is 30.3 Å². The molecule has 0 aliphatic heterocycles. The minimum Gasteiger partial charge on any atom is -0.487 e. The first-order valence-corrected chi connectivity index (χ1v) is 7.91. The molecule has 0 saturated carbocycles. The van der Waals surface area contributed by atoms with Crippen molar-refractivity contribution >= 4 is 6.29 Å². The van der Waals surface area contributed by atoms with E-state index in [1.807, 2.05) is 6.07 Å². The van der Waals surface area contributed by atoms with Gasteiger partial charge in [0.05, 0.1) is 11.4 Å². The Bertz CT molecular complexity index is 917. The minimum atomic E-state index is -4.72. The van der Waals surface area contributed by atoms with Crippen molar-refractivity contribution in [1.82, 2.24) is 9.78 Å². The summed E-state index contributed by atoms with van der Waals surface area (Å²) >= 11 is 0. The molecule has 3 aromatic rings. The van der Waals surface area contributed by atoms with E-state index in [0.29, 0.717) is 11.3 Å². The van der Waals surface area contributed by atoms with Crippen molar-refractivity contribution in [2.45, 2.75) is 13.0 Å². The van der Waals surface area contributed by atoms with E-state index in [0.717, 1.165) is 23.2 Å². The number of ether oxygens (including phenoxy) is 2. The van der Waals surface area contributed by atoms with Crippen molar-refractivity contribution in [3.8, 4) is 22.8 Å². The zero-order valence-electron chi connectivity index (χ0n) is 14.2. The molecule has 0 unspecified atom stereocenters. The SMILES string of the molecule is Cn1nc(-c2ccc(C=O)cc2)cc1COc1ccc(OC(F)(F)F)cc1. The van der Waals surface area contributed by atoms with E-state index < -0.39 is 6.36 Å². The van der Waals surface area contributed by atoms with Crippen LogP contribution in [0.1, 0.15) is 16.1 Å². The highest BCUT2D eigenvalue weighted by molar-refractivity contribution is 5.76. The van der Waals surface area contributed by atoms with Gasteiger partial charge in [0, 0.05) is 18.2 Å². The molecule has 0 radical (unpaired) electrons. The molecular weight excluding hydrogens is 361 g/mol. The summed E-state index contributed by atoms with van der Waals surface area (Å²) < 4.78 is 47.6. The molecule has 0 N–H and O–H groups in total. The molecule has 0 amide bonds. The standard InChI is InChI=1S/C19H15F3N2O3/c1-24-15(10-18(23-24)14-4-2-13(11-25)3-5-14)12-26-16-6-8-17(9-7-16)27-19(20,21)22/h2-11H,12H2,1H3. The van der Waals surface area contributed by atoms with Crippen LogP contribution >= 0.6 is 0 Å². The molecule has 1 aromatic heterocycles. The van der Waals surface area contributed by atoms with Gasteiger partial charge in [0.2, 0.25) is 0 Å². The zero-order valence-corrected chi connectivity index (χ0v) is 14.2. The molecule has 5 nitrogen and oxygen atoms in total. The van der Waals surface area contributed by atoms with Crippen LogP contribution in [0.4, 0.5) is 13.2 Å². The van der Waals surface area contributed by atoms with Gasteiger partial charge >= 0.3 is 6.36 Å². The number of halogens is 3. The van der Waals surface area contributed by atoms with Crippen LogP contribution in [0.25, 0.3) is 11.3 Å². The predicted octanol–water partition coefficient (Wildman–Crippen LogP) is 4.38. The van der Waals surface area contributed by atoms with Crippen molar-refractivity contribution in [2.75, 3.05) is 0 Å². The number of rotatable bonds is 6. The minimum absolute atomic E-state index is 0.190. The number of nitrogens with zero attached hydrogens (tertiary/aromatic N) is 2. The average molecular weight is 376 g/mol. The third-order valence-corrected chi connectivity index (χ3v) is 3.76. The molecule has 0 atom stereocenters. The summed E-state index contributed by atoms with van der Waals surface area (Å²) in [5, 5.41) is 4.41. The van der Waals surface area contributed by atoms with E-state index in [2.05, 4.69) is 9.84 Å². The molecule has 27 heavy (non-hydrogen) atoms. The molecule has 0 bridgehead atoms. The smallest absolute Gasteiger partial charge is 0.487 e. The third-order valence-electron chi connectivity index (χ3n) is 3.76. The fraction of sp³-hybridized carbons (Fsp3) is 0.158. The summed E-state index contributed by atoms with van der Waals surface area (Å²) in [5.74, 6) is 0.0963. The van der Waals surface area contributed by atoms with Crippen molar-refractivity contribution in [1.29, 1.82) is 0 Å². The number of hydrogen-bond acceptors (Lipinski definition) is 4. The Morgan fingerprint density at radius 3 is 2.26 bits per heavy atom. The second kappa shape index (κ2) is 7.53. The molecule has 2 aromatic carbocycles. The van der Waals surface area contributed by atoms with Crippen LogP contribution in [0, 0.1) is 0 Å². The molecular formula is C19H15F3N2O3. The Morgan fingerprint density at radius 1 is 1.04 bits per heavy atom. The summed E-state index contributed by atoms with van der Waals surface area (Å²) in [7, 11) is 1.77. The number of alkyl halides is 3. The van der Waals surface area contributed by atoms with Crippen molar-refractivity contribution in [2.24, 2.45) is 7.05 Å². The van der Waals surface area contributed by atoms with Crippen LogP contribution in [0.3, 0.4) is 0 Å². The van der Waals surface area contributed by atoms with Crippen molar-refractivity contribution < 1.29 is 27.4 Å². The van der Waals surface area contributed by atoms with E-state index in [1.54, 1.807) is 36.0 Å². The van der Waals surface area contributed by atoms with Gasteiger partial charge in [-0.3, -0.25) is 9.48 Å². The maximum atomic E-state index is 12.2. The van der Waals surface area contributed by atoms with E-state index in [-0.39, 0.29) is 12.4 Å². The molecule has 0 aliphatic carbocycles. The van der Waals surface area contributed by atoms with E-state index in [1.165, 1.54) is 24.3 Å². The highest BCUT2D eigenvalue weighted by atomic mass is 19.4. The van der Waals surface area contributed by atoms with Crippen molar-refractivity contribution in [3.05, 3.63) is 65.9 Å². The second-order valence-corrected chi connectivity index (χ2v) is 5.69. The van der Waals surface area contributed by atoms with Crippen LogP contribution in [0.2, 0.25) is 0 Å². The monoisotopic (exact) mass is 376 g/mol. The van der Waals surface area contributed by atoms with Crippen molar-refractivity contribution in [3.63, 3.8) is 0 Å². The van der Waals surface area contributed by atoms with Gasteiger partial charge < -0.3 is 9.47 Å². The average Bonchev–Trinajstić information content (AvgIpc) is 3.01. The van der Waals surface area contributed by atoms with Crippen LogP contribution in [0.15, 0.2) is 54.6 Å². The summed E-state index contributed by atoms with van der Waals surface area (Å²) in [6.07, 6.45) is -3.95. The molecule has 0 aliphatic rings. The molecule has 1 heterocycles. The number of carbonyl (C=O) groups is 1. The van der Waals surface area contributed by atoms with Gasteiger partial charge in [0.25, 0.3) is 0 Å². The largest absolute Gasteiger partial charge is 0.573 e. The highest BCUT2D eigenvalue weighted by Crippen LogP contribution is 2.25. The van der Waals surface area contributed by atoms with E-state index >= 15 is 0 Å². The quantitative estimate of drug-likeness (QED) is 0.599. The van der Waals surface area contributed by atoms with Gasteiger partial charge in [-0.25, -0.2) is 0 Å². The number of aldehydes is 1. The number of carbonyl (C=O) groups excluding carboxylic acids is 1. The fourth-order valence-corrected chi connectivity index (χ4v) is 2.41. The zero-order chi connectivity index (χ0) is 19.4. The molecule has 0 saturated heterocycles. The summed E-state index contributed by atoms with van der Waals surface area (Å²) in [5.41, 5.74) is 2.94. The Balaban J connectivity index is 1.66. The van der Waals surface area contributed by atoms with Gasteiger partial charge in [-0.1, -0.05) is 24.3 Å². The first-order valence-electron chi connectivity index (χ1n) is 7.91. The topological polar surface area (TPSA) is 53.4 Å².